The predicted molar refractivity (Wildman–Crippen MR) is 141 cm³/mol. The summed E-state index contributed by atoms with van der Waals surface area (Å²) in [5, 5.41) is 14.7. The predicted octanol–water partition coefficient (Wildman–Crippen LogP) is 1.69. The number of halogens is 1. The Kier molecular flexibility index (Phi) is 9.52. The Morgan fingerprint density at radius 2 is 1.97 bits per heavy atom. The lowest BCUT2D eigenvalue weighted by atomic mass is 10.0. The second kappa shape index (κ2) is 13.2. The van der Waals surface area contributed by atoms with Crippen LogP contribution >= 0.6 is 11.6 Å². The summed E-state index contributed by atoms with van der Waals surface area (Å²) in [6, 6.07) is 14.0. The molecule has 11 nitrogen and oxygen atoms in total. The highest BCUT2D eigenvalue weighted by Crippen LogP contribution is 2.28. The molecule has 1 aliphatic rings. The fourth-order valence-electron chi connectivity index (χ4n) is 4.42. The van der Waals surface area contributed by atoms with Gasteiger partial charge in [-0.25, -0.2) is 0 Å². The summed E-state index contributed by atoms with van der Waals surface area (Å²) >= 11 is 6.25. The number of benzene rings is 2. The Labute approximate surface area is 225 Å². The number of carbonyl (C=O) groups excluding carboxylic acids is 3. The normalized spacial score (nSPS) is 14.7. The molecule has 1 aromatic heterocycles. The summed E-state index contributed by atoms with van der Waals surface area (Å²) in [6.45, 7) is 0.882. The van der Waals surface area contributed by atoms with Crippen LogP contribution in [-0.2, 0) is 25.5 Å². The van der Waals surface area contributed by atoms with E-state index in [2.05, 4.69) is 20.8 Å². The van der Waals surface area contributed by atoms with E-state index in [1.807, 2.05) is 30.3 Å². The molecule has 1 atom stereocenters. The number of likely N-dealkylation sites (N-methyl/N-ethyl adjacent to an activating group) is 1. The summed E-state index contributed by atoms with van der Waals surface area (Å²) in [4.78, 5) is 41.7. The number of tetrazole rings is 1. The molecule has 1 saturated heterocycles. The number of nitrogens with one attached hydrogen (secondary N) is 1. The molecule has 200 valence electrons. The lowest BCUT2D eigenvalue weighted by Gasteiger charge is -2.32. The van der Waals surface area contributed by atoms with Gasteiger partial charge in [-0.1, -0.05) is 41.9 Å². The van der Waals surface area contributed by atoms with Gasteiger partial charge in [0, 0.05) is 24.3 Å². The fraction of sp³-hybridized carbons (Fsp3) is 0.385. The van der Waals surface area contributed by atoms with Gasteiger partial charge in [0.2, 0.25) is 11.8 Å². The minimum absolute atomic E-state index is 0.0236. The van der Waals surface area contributed by atoms with Gasteiger partial charge in [0.25, 0.3) is 0 Å². The molecule has 0 saturated carbocycles. The van der Waals surface area contributed by atoms with E-state index >= 15 is 0 Å². The van der Waals surface area contributed by atoms with Crippen molar-refractivity contribution < 1.29 is 19.1 Å². The zero-order chi connectivity index (χ0) is 26.9. The van der Waals surface area contributed by atoms with E-state index in [-0.39, 0.29) is 30.9 Å². The van der Waals surface area contributed by atoms with Crippen LogP contribution in [0.4, 0.5) is 5.69 Å². The Hall–Kier alpha value is -3.67. The topological polar surface area (TPSA) is 123 Å². The number of aromatic nitrogens is 4. The number of carbonyl (C=O) groups is 3. The van der Waals surface area contributed by atoms with Crippen LogP contribution in [0.1, 0.15) is 18.4 Å². The van der Waals surface area contributed by atoms with E-state index < -0.39 is 6.04 Å². The SMILES string of the molecule is CN(CC(=O)N(CC=O)c1cc(Cl)ccc1-n1cnnn1)C(Cc1ccccc1)C(=O)NC1CCOCC1. The number of hydrogen-bond donors (Lipinski definition) is 1. The molecular formula is C26H30ClN7O4. The van der Waals surface area contributed by atoms with Crippen molar-refractivity contribution in [2.45, 2.75) is 31.3 Å². The third kappa shape index (κ3) is 7.00. The highest BCUT2D eigenvalue weighted by molar-refractivity contribution is 6.31. The molecule has 1 fully saturated rings. The molecule has 1 aliphatic heterocycles. The molecule has 2 amide bonds. The molecule has 12 heteroatoms. The van der Waals surface area contributed by atoms with Crippen molar-refractivity contribution in [1.82, 2.24) is 30.4 Å². The molecule has 4 rings (SSSR count). The van der Waals surface area contributed by atoms with Gasteiger partial charge in [-0.3, -0.25) is 14.5 Å². The third-order valence-electron chi connectivity index (χ3n) is 6.44. The molecule has 2 heterocycles. The van der Waals surface area contributed by atoms with E-state index in [4.69, 9.17) is 16.3 Å². The lowest BCUT2D eigenvalue weighted by Crippen LogP contribution is -2.53. The number of nitrogens with zero attached hydrogens (tertiary/aromatic N) is 6. The zero-order valence-corrected chi connectivity index (χ0v) is 21.8. The van der Waals surface area contributed by atoms with Crippen molar-refractivity contribution in [3.05, 3.63) is 65.4 Å². The van der Waals surface area contributed by atoms with Crippen molar-refractivity contribution in [3.8, 4) is 5.69 Å². The first-order valence-electron chi connectivity index (χ1n) is 12.4. The number of anilines is 1. The van der Waals surface area contributed by atoms with Crippen LogP contribution in [0.15, 0.2) is 54.9 Å². The van der Waals surface area contributed by atoms with Crippen molar-refractivity contribution in [3.63, 3.8) is 0 Å². The second-order valence-electron chi connectivity index (χ2n) is 9.07. The molecule has 0 spiro atoms. The second-order valence-corrected chi connectivity index (χ2v) is 9.51. The van der Waals surface area contributed by atoms with Crippen LogP contribution < -0.4 is 10.2 Å². The Balaban J connectivity index is 1.57. The van der Waals surface area contributed by atoms with E-state index in [0.717, 1.165) is 18.4 Å². The van der Waals surface area contributed by atoms with E-state index in [9.17, 15) is 14.4 Å². The highest BCUT2D eigenvalue weighted by atomic mass is 35.5. The first-order valence-corrected chi connectivity index (χ1v) is 12.7. The highest BCUT2D eigenvalue weighted by Gasteiger charge is 2.30. The minimum Gasteiger partial charge on any atom is -0.381 e. The minimum atomic E-state index is -0.611. The summed E-state index contributed by atoms with van der Waals surface area (Å²) in [5.74, 6) is -0.539. The molecule has 38 heavy (non-hydrogen) atoms. The van der Waals surface area contributed by atoms with Crippen LogP contribution in [-0.4, -0.2) is 88.6 Å². The fourth-order valence-corrected chi connectivity index (χ4v) is 4.59. The zero-order valence-electron chi connectivity index (χ0n) is 21.1. The molecule has 1 N–H and O–H groups in total. The molecule has 0 bridgehead atoms. The molecule has 3 aromatic rings. The number of hydrogen-bond acceptors (Lipinski definition) is 8. The van der Waals surface area contributed by atoms with Gasteiger partial charge in [-0.2, -0.15) is 4.68 Å². The van der Waals surface area contributed by atoms with E-state index in [0.29, 0.717) is 42.3 Å². The van der Waals surface area contributed by atoms with Gasteiger partial charge >= 0.3 is 0 Å². The number of rotatable bonds is 11. The molecule has 0 radical (unpaired) electrons. The van der Waals surface area contributed by atoms with Crippen LogP contribution in [0.2, 0.25) is 5.02 Å². The maximum Gasteiger partial charge on any atom is 0.241 e. The summed E-state index contributed by atoms with van der Waals surface area (Å²) in [6.07, 6.45) is 3.93. The van der Waals surface area contributed by atoms with Crippen molar-refractivity contribution in [1.29, 1.82) is 0 Å². The van der Waals surface area contributed by atoms with Crippen LogP contribution in [0.25, 0.3) is 5.69 Å². The van der Waals surface area contributed by atoms with E-state index in [1.54, 1.807) is 30.1 Å². The summed E-state index contributed by atoms with van der Waals surface area (Å²) in [7, 11) is 1.73. The first kappa shape index (κ1) is 27.4. The Morgan fingerprint density at radius 3 is 2.66 bits per heavy atom. The van der Waals surface area contributed by atoms with E-state index in [1.165, 1.54) is 15.9 Å². The van der Waals surface area contributed by atoms with Crippen molar-refractivity contribution >= 4 is 35.4 Å². The average molecular weight is 540 g/mol. The third-order valence-corrected chi connectivity index (χ3v) is 6.68. The van der Waals surface area contributed by atoms with Gasteiger partial charge in [0.15, 0.2) is 0 Å². The molecule has 2 aromatic carbocycles. The number of ether oxygens (including phenoxy) is 1. The number of amides is 2. The van der Waals surface area contributed by atoms with Crippen molar-refractivity contribution in [2.24, 2.45) is 0 Å². The van der Waals surface area contributed by atoms with Gasteiger partial charge < -0.3 is 19.7 Å². The summed E-state index contributed by atoms with van der Waals surface area (Å²) in [5.41, 5.74) is 1.83. The maximum atomic E-state index is 13.6. The smallest absolute Gasteiger partial charge is 0.241 e. The van der Waals surface area contributed by atoms with Gasteiger partial charge in [-0.15, -0.1) is 5.10 Å². The Bertz CT molecular complexity index is 1220. The average Bonchev–Trinajstić information content (AvgIpc) is 3.46. The van der Waals surface area contributed by atoms with Crippen molar-refractivity contribution in [2.75, 3.05) is 38.3 Å². The van der Waals surface area contributed by atoms with Crippen LogP contribution in [0.3, 0.4) is 0 Å². The monoisotopic (exact) mass is 539 g/mol. The van der Waals surface area contributed by atoms with Crippen LogP contribution in [0.5, 0.6) is 0 Å². The first-order chi connectivity index (χ1) is 18.5. The lowest BCUT2D eigenvalue weighted by molar-refractivity contribution is -0.129. The molecule has 0 aliphatic carbocycles. The largest absolute Gasteiger partial charge is 0.381 e. The molecule has 1 unspecified atom stereocenters. The van der Waals surface area contributed by atoms with Gasteiger partial charge in [-0.05, 0) is 60.5 Å². The number of aldehydes is 1. The summed E-state index contributed by atoms with van der Waals surface area (Å²) < 4.78 is 6.80. The maximum absolute atomic E-state index is 13.6. The van der Waals surface area contributed by atoms with Gasteiger partial charge in [0.1, 0.15) is 12.6 Å². The van der Waals surface area contributed by atoms with Crippen LogP contribution in [0, 0.1) is 0 Å². The standard InChI is InChI=1S/C26H30ClN7O4/c1-32(24(15-19-5-3-2-4-6-19)26(37)29-21-9-13-38-14-10-21)17-25(36)33(11-12-35)23-16-20(27)7-8-22(23)34-18-28-30-31-34/h2-8,12,16,18,21,24H,9-11,13-15,17H2,1H3,(H,29,37). The Morgan fingerprint density at radius 1 is 1.21 bits per heavy atom. The quantitative estimate of drug-likeness (QED) is 0.365. The van der Waals surface area contributed by atoms with Gasteiger partial charge in [0.05, 0.1) is 30.5 Å². The molecular weight excluding hydrogens is 510 g/mol.